The third-order valence-electron chi connectivity index (χ3n) is 7.11. The molecular weight excluding hydrogens is 522 g/mol. The van der Waals surface area contributed by atoms with E-state index in [2.05, 4.69) is 0 Å². The molecule has 3 aromatic carbocycles. The molecule has 1 fully saturated rings. The van der Waals surface area contributed by atoms with Crippen LogP contribution in [0.3, 0.4) is 0 Å². The Balaban J connectivity index is 1.31. The molecule has 204 valence electrons. The molecule has 1 aliphatic heterocycles. The summed E-state index contributed by atoms with van der Waals surface area (Å²) >= 11 is 0. The molecule has 3 nitrogen and oxygen atoms in total. The fourth-order valence-electron chi connectivity index (χ4n) is 4.85. The van der Waals surface area contributed by atoms with E-state index < -0.39 is 69.8 Å². The molecular formula is C30H24F6O3. The molecule has 3 aromatic rings. The first-order valence-corrected chi connectivity index (χ1v) is 12.7. The van der Waals surface area contributed by atoms with Gasteiger partial charge in [0.15, 0.2) is 34.8 Å². The number of carbonyl (C=O) groups excluding carboxylic acids is 1. The molecule has 9 heteroatoms. The van der Waals surface area contributed by atoms with Gasteiger partial charge in [0.1, 0.15) is 6.10 Å². The van der Waals surface area contributed by atoms with Gasteiger partial charge in [0, 0.05) is 22.3 Å². The summed E-state index contributed by atoms with van der Waals surface area (Å²) in [5.74, 6) is -9.23. The van der Waals surface area contributed by atoms with E-state index in [1.54, 1.807) is 6.08 Å². The average molecular weight is 547 g/mol. The molecule has 0 radical (unpaired) electrons. The molecule has 5 rings (SSSR count). The number of aryl methyl sites for hydroxylation is 1. The Morgan fingerprint density at radius 1 is 0.846 bits per heavy atom. The number of rotatable bonds is 7. The number of esters is 1. The van der Waals surface area contributed by atoms with Gasteiger partial charge in [-0.2, -0.15) is 4.39 Å². The minimum Gasteiger partial charge on any atom is -0.423 e. The number of hydrogen-bond donors (Lipinski definition) is 0. The Kier molecular flexibility index (Phi) is 7.53. The molecule has 1 aliphatic carbocycles. The lowest BCUT2D eigenvalue weighted by Gasteiger charge is -2.22. The first-order valence-electron chi connectivity index (χ1n) is 12.7. The number of carbonyl (C=O) groups is 1. The second-order valence-corrected chi connectivity index (χ2v) is 9.66. The summed E-state index contributed by atoms with van der Waals surface area (Å²) in [5, 5.41) is 0. The molecule has 0 bridgehead atoms. The van der Waals surface area contributed by atoms with Crippen LogP contribution in [0.4, 0.5) is 26.3 Å². The maximum atomic E-state index is 15.1. The minimum atomic E-state index is -1.33. The van der Waals surface area contributed by atoms with Crippen LogP contribution in [0.5, 0.6) is 5.75 Å². The molecule has 0 aromatic heterocycles. The molecule has 0 amide bonds. The van der Waals surface area contributed by atoms with E-state index in [1.165, 1.54) is 36.4 Å². The Morgan fingerprint density at radius 3 is 2.13 bits per heavy atom. The molecule has 0 spiro atoms. The van der Waals surface area contributed by atoms with Crippen molar-refractivity contribution in [1.29, 1.82) is 0 Å². The zero-order valence-electron chi connectivity index (χ0n) is 20.9. The standard InChI is InChI=1S/C30H24F6O3/c1-2-3-16-8-13-22(29(36)24(16)31)39-30(37)17-6-4-15(5-7-17)18-9-10-19(26(33)25(18)32)20-11-12-21(23-14-38-23)28(35)27(20)34/h4,8-13,17,23H,2-3,5-7,14H2,1H3. The zero-order chi connectivity index (χ0) is 27.8. The van der Waals surface area contributed by atoms with E-state index in [1.807, 2.05) is 6.92 Å². The Morgan fingerprint density at radius 2 is 1.49 bits per heavy atom. The van der Waals surface area contributed by atoms with Gasteiger partial charge < -0.3 is 9.47 Å². The number of halogens is 6. The van der Waals surface area contributed by atoms with E-state index in [0.29, 0.717) is 18.4 Å². The summed E-state index contributed by atoms with van der Waals surface area (Å²) in [7, 11) is 0. The topological polar surface area (TPSA) is 38.8 Å². The molecule has 2 atom stereocenters. The van der Waals surface area contributed by atoms with E-state index >= 15 is 8.78 Å². The van der Waals surface area contributed by atoms with Crippen LogP contribution in [-0.2, 0) is 16.0 Å². The monoisotopic (exact) mass is 546 g/mol. The maximum Gasteiger partial charge on any atom is 0.314 e. The summed E-state index contributed by atoms with van der Waals surface area (Å²) in [4.78, 5) is 12.6. The van der Waals surface area contributed by atoms with Crippen LogP contribution in [0, 0.1) is 40.8 Å². The smallest absolute Gasteiger partial charge is 0.314 e. The second-order valence-electron chi connectivity index (χ2n) is 9.66. The van der Waals surface area contributed by atoms with Gasteiger partial charge in [-0.3, -0.25) is 4.79 Å². The van der Waals surface area contributed by atoms with Crippen molar-refractivity contribution in [3.63, 3.8) is 0 Å². The molecule has 1 heterocycles. The SMILES string of the molecule is CCCc1ccc(OC(=O)C2CC=C(c3ccc(-c4ccc(C5CO5)c(F)c4F)c(F)c3F)CC2)c(F)c1F. The summed E-state index contributed by atoms with van der Waals surface area (Å²) in [6, 6.07) is 7.53. The summed E-state index contributed by atoms with van der Waals surface area (Å²) in [6.07, 6.45) is 2.48. The van der Waals surface area contributed by atoms with E-state index in [-0.39, 0.29) is 42.6 Å². The Bertz CT molecular complexity index is 1480. The van der Waals surface area contributed by atoms with E-state index in [4.69, 9.17) is 9.47 Å². The van der Waals surface area contributed by atoms with Crippen molar-refractivity contribution in [3.8, 4) is 16.9 Å². The first-order chi connectivity index (χ1) is 18.7. The molecule has 39 heavy (non-hydrogen) atoms. The van der Waals surface area contributed by atoms with Crippen LogP contribution in [0.2, 0.25) is 0 Å². The van der Waals surface area contributed by atoms with Gasteiger partial charge in [0.25, 0.3) is 0 Å². The van der Waals surface area contributed by atoms with Crippen molar-refractivity contribution in [2.45, 2.75) is 45.1 Å². The average Bonchev–Trinajstić information content (AvgIpc) is 3.77. The van der Waals surface area contributed by atoms with Crippen molar-refractivity contribution in [3.05, 3.63) is 94.1 Å². The second kappa shape index (κ2) is 10.9. The largest absolute Gasteiger partial charge is 0.423 e. The van der Waals surface area contributed by atoms with Gasteiger partial charge in [-0.1, -0.05) is 49.8 Å². The fourth-order valence-corrected chi connectivity index (χ4v) is 4.85. The van der Waals surface area contributed by atoms with Crippen LogP contribution in [0.1, 0.15) is 55.4 Å². The van der Waals surface area contributed by atoms with Crippen LogP contribution < -0.4 is 4.74 Å². The number of hydrogen-bond acceptors (Lipinski definition) is 3. The van der Waals surface area contributed by atoms with E-state index in [9.17, 15) is 22.4 Å². The maximum absolute atomic E-state index is 15.1. The van der Waals surface area contributed by atoms with Crippen LogP contribution in [-0.4, -0.2) is 12.6 Å². The highest BCUT2D eigenvalue weighted by atomic mass is 19.2. The Labute approximate surface area is 221 Å². The minimum absolute atomic E-state index is 0.0237. The van der Waals surface area contributed by atoms with Crippen LogP contribution >= 0.6 is 0 Å². The predicted molar refractivity (Wildman–Crippen MR) is 132 cm³/mol. The van der Waals surface area contributed by atoms with Gasteiger partial charge in [-0.25, -0.2) is 22.0 Å². The molecule has 0 saturated carbocycles. The number of benzene rings is 3. The number of ether oxygens (including phenoxy) is 2. The summed E-state index contributed by atoms with van der Waals surface area (Å²) in [6.45, 7) is 2.10. The summed E-state index contributed by atoms with van der Waals surface area (Å²) in [5.41, 5.74) is -0.254. The van der Waals surface area contributed by atoms with Crippen molar-refractivity contribution in [2.75, 3.05) is 6.61 Å². The number of allylic oxidation sites excluding steroid dienone is 2. The van der Waals surface area contributed by atoms with Crippen molar-refractivity contribution >= 4 is 11.5 Å². The molecule has 0 N–H and O–H groups in total. The third-order valence-corrected chi connectivity index (χ3v) is 7.11. The fraction of sp³-hybridized carbons (Fsp3) is 0.300. The van der Waals surface area contributed by atoms with Crippen LogP contribution in [0.25, 0.3) is 16.7 Å². The van der Waals surface area contributed by atoms with Gasteiger partial charge in [-0.15, -0.1) is 0 Å². The van der Waals surface area contributed by atoms with Gasteiger partial charge in [0.05, 0.1) is 12.5 Å². The van der Waals surface area contributed by atoms with Crippen molar-refractivity contribution in [1.82, 2.24) is 0 Å². The first kappa shape index (κ1) is 27.0. The number of epoxide rings is 1. The quantitative estimate of drug-likeness (QED) is 0.130. The van der Waals surface area contributed by atoms with Gasteiger partial charge >= 0.3 is 5.97 Å². The summed E-state index contributed by atoms with van der Waals surface area (Å²) < 4.78 is 97.8. The molecule has 1 saturated heterocycles. The predicted octanol–water partition coefficient (Wildman–Crippen LogP) is 8.00. The van der Waals surface area contributed by atoms with Crippen LogP contribution in [0.15, 0.2) is 42.5 Å². The van der Waals surface area contributed by atoms with Crippen molar-refractivity contribution < 1.29 is 40.6 Å². The zero-order valence-corrected chi connectivity index (χ0v) is 20.9. The lowest BCUT2D eigenvalue weighted by atomic mass is 9.86. The Hall–Kier alpha value is -3.59. The van der Waals surface area contributed by atoms with Crippen molar-refractivity contribution in [2.24, 2.45) is 5.92 Å². The molecule has 2 unspecified atom stereocenters. The highest BCUT2D eigenvalue weighted by molar-refractivity contribution is 5.78. The third kappa shape index (κ3) is 5.20. The highest BCUT2D eigenvalue weighted by Crippen LogP contribution is 2.39. The normalized spacial score (nSPS) is 18.6. The van der Waals surface area contributed by atoms with Gasteiger partial charge in [-0.05, 0) is 42.9 Å². The van der Waals surface area contributed by atoms with E-state index in [0.717, 1.165) is 0 Å². The molecule has 2 aliphatic rings. The lowest BCUT2D eigenvalue weighted by molar-refractivity contribution is -0.139. The van der Waals surface area contributed by atoms with Gasteiger partial charge in [0.2, 0.25) is 5.82 Å². The highest BCUT2D eigenvalue weighted by Gasteiger charge is 2.31. The lowest BCUT2D eigenvalue weighted by Crippen LogP contribution is -2.23.